The summed E-state index contributed by atoms with van der Waals surface area (Å²) in [4.78, 5) is 13.2. The van der Waals surface area contributed by atoms with Crippen LogP contribution in [-0.4, -0.2) is 12.5 Å². The monoisotopic (exact) mass is 445 g/mol. The van der Waals surface area contributed by atoms with Gasteiger partial charge in [0.2, 0.25) is 0 Å². The number of rotatable bonds is 9. The molecule has 3 rings (SSSR count). The Morgan fingerprint density at radius 3 is 2.15 bits per heavy atom. The Morgan fingerprint density at radius 2 is 1.52 bits per heavy atom. The summed E-state index contributed by atoms with van der Waals surface area (Å²) in [6, 6.07) is 15.9. The first kappa shape index (κ1) is 24.4. The van der Waals surface area contributed by atoms with Gasteiger partial charge in [-0.15, -0.1) is 0 Å². The first-order valence-electron chi connectivity index (χ1n) is 11.8. The van der Waals surface area contributed by atoms with Gasteiger partial charge in [-0.3, -0.25) is 4.79 Å². The zero-order valence-electron chi connectivity index (χ0n) is 20.7. The largest absolute Gasteiger partial charge is 0.493 e. The smallest absolute Gasteiger partial charge is 0.255 e. The van der Waals surface area contributed by atoms with Crippen LogP contribution in [0.4, 0.5) is 5.69 Å². The Balaban J connectivity index is 1.88. The molecule has 0 spiro atoms. The van der Waals surface area contributed by atoms with E-state index in [1.54, 1.807) is 0 Å². The number of nitrogens with one attached hydrogen (secondary N) is 1. The van der Waals surface area contributed by atoms with Crippen LogP contribution in [0.3, 0.4) is 0 Å². The number of hydrogen-bond donors (Lipinski definition) is 1. The van der Waals surface area contributed by atoms with Gasteiger partial charge in [-0.05, 0) is 92.6 Å². The van der Waals surface area contributed by atoms with E-state index in [4.69, 9.17) is 9.47 Å². The van der Waals surface area contributed by atoms with Crippen molar-refractivity contribution in [1.29, 1.82) is 0 Å². The second kappa shape index (κ2) is 11.0. The third kappa shape index (κ3) is 5.75. The molecule has 0 atom stereocenters. The number of aryl methyl sites for hydroxylation is 4. The van der Waals surface area contributed by atoms with Crippen molar-refractivity contribution in [2.24, 2.45) is 0 Å². The molecular formula is C29H35NO3. The van der Waals surface area contributed by atoms with Gasteiger partial charge in [0.15, 0.2) is 0 Å². The summed E-state index contributed by atoms with van der Waals surface area (Å²) in [5.41, 5.74) is 8.12. The van der Waals surface area contributed by atoms with Gasteiger partial charge in [0.25, 0.3) is 5.91 Å². The zero-order chi connectivity index (χ0) is 24.0. The highest BCUT2D eigenvalue weighted by atomic mass is 16.5. The molecule has 4 heteroatoms. The van der Waals surface area contributed by atoms with Crippen LogP contribution in [0.1, 0.15) is 64.5 Å². The van der Waals surface area contributed by atoms with Gasteiger partial charge >= 0.3 is 0 Å². The van der Waals surface area contributed by atoms with Crippen LogP contribution in [0.25, 0.3) is 0 Å². The number of carbonyl (C=O) groups excluding carboxylic acids is 1. The second-order valence-electron chi connectivity index (χ2n) is 8.36. The number of anilines is 1. The van der Waals surface area contributed by atoms with E-state index in [1.807, 2.05) is 31.2 Å². The highest BCUT2D eigenvalue weighted by Crippen LogP contribution is 2.28. The van der Waals surface area contributed by atoms with Crippen molar-refractivity contribution in [3.8, 4) is 11.5 Å². The first-order chi connectivity index (χ1) is 15.9. The fourth-order valence-electron chi connectivity index (χ4n) is 4.02. The van der Waals surface area contributed by atoms with Gasteiger partial charge in [-0.1, -0.05) is 38.1 Å². The molecule has 0 aromatic heterocycles. The topological polar surface area (TPSA) is 47.6 Å². The number of amides is 1. The Morgan fingerprint density at radius 1 is 0.818 bits per heavy atom. The molecule has 0 aliphatic heterocycles. The molecule has 0 bridgehead atoms. The molecule has 0 aliphatic rings. The van der Waals surface area contributed by atoms with Gasteiger partial charge < -0.3 is 14.8 Å². The third-order valence-corrected chi connectivity index (χ3v) is 6.01. The molecule has 1 N–H and O–H groups in total. The Bertz CT molecular complexity index is 1110. The molecule has 4 nitrogen and oxygen atoms in total. The number of para-hydroxylation sites is 1. The molecule has 0 saturated carbocycles. The molecule has 0 aliphatic carbocycles. The fraction of sp³-hybridized carbons (Fsp3) is 0.345. The number of hydrogen-bond acceptors (Lipinski definition) is 3. The van der Waals surface area contributed by atoms with Crippen LogP contribution in [0.2, 0.25) is 0 Å². The molecular weight excluding hydrogens is 410 g/mol. The van der Waals surface area contributed by atoms with E-state index in [0.717, 1.165) is 57.8 Å². The van der Waals surface area contributed by atoms with Crippen molar-refractivity contribution in [3.63, 3.8) is 0 Å². The highest BCUT2D eigenvalue weighted by molar-refractivity contribution is 6.05. The van der Waals surface area contributed by atoms with Crippen molar-refractivity contribution in [2.75, 3.05) is 11.9 Å². The molecule has 0 heterocycles. The van der Waals surface area contributed by atoms with Crippen LogP contribution in [0.5, 0.6) is 11.5 Å². The quantitative estimate of drug-likeness (QED) is 0.387. The number of benzene rings is 3. The van der Waals surface area contributed by atoms with Crippen LogP contribution in [-0.2, 0) is 19.4 Å². The average molecular weight is 446 g/mol. The molecule has 3 aromatic carbocycles. The van der Waals surface area contributed by atoms with E-state index in [9.17, 15) is 4.79 Å². The summed E-state index contributed by atoms with van der Waals surface area (Å²) in [7, 11) is 0. The predicted octanol–water partition coefficient (Wildman–Crippen LogP) is 6.97. The van der Waals surface area contributed by atoms with Gasteiger partial charge in [-0.2, -0.15) is 0 Å². The second-order valence-corrected chi connectivity index (χ2v) is 8.36. The maximum atomic E-state index is 13.2. The van der Waals surface area contributed by atoms with E-state index in [2.05, 4.69) is 64.2 Å². The average Bonchev–Trinajstić information content (AvgIpc) is 2.81. The molecule has 0 saturated heterocycles. The summed E-state index contributed by atoms with van der Waals surface area (Å²) < 4.78 is 12.0. The van der Waals surface area contributed by atoms with E-state index < -0.39 is 0 Å². The number of carbonyl (C=O) groups is 1. The van der Waals surface area contributed by atoms with E-state index in [-0.39, 0.29) is 5.91 Å². The molecule has 1 amide bonds. The third-order valence-electron chi connectivity index (χ3n) is 6.01. The lowest BCUT2D eigenvalue weighted by Gasteiger charge is -2.17. The van der Waals surface area contributed by atoms with Gasteiger partial charge in [0.1, 0.15) is 18.1 Å². The van der Waals surface area contributed by atoms with E-state index in [0.29, 0.717) is 18.8 Å². The van der Waals surface area contributed by atoms with Crippen LogP contribution < -0.4 is 14.8 Å². The minimum absolute atomic E-state index is 0.127. The van der Waals surface area contributed by atoms with Crippen LogP contribution in [0, 0.1) is 20.8 Å². The Hall–Kier alpha value is -3.27. The molecule has 0 fully saturated rings. The lowest BCUT2D eigenvalue weighted by atomic mass is 10.0. The molecule has 174 valence electrons. The maximum Gasteiger partial charge on any atom is 0.255 e. The standard InChI is InChI=1S/C29H35NO3/c1-7-22-11-10-12-23(8-2)28(22)30-29(31)24-13-14-26(32-9-3)25(17-24)18-33-27-16-19(4)15-20(5)21(27)6/h10-17H,7-9,18H2,1-6H3,(H,30,31). The van der Waals surface area contributed by atoms with Crippen molar-refractivity contribution in [2.45, 2.75) is 61.0 Å². The highest BCUT2D eigenvalue weighted by Gasteiger charge is 2.15. The lowest BCUT2D eigenvalue weighted by Crippen LogP contribution is -2.15. The van der Waals surface area contributed by atoms with Crippen molar-refractivity contribution in [1.82, 2.24) is 0 Å². The molecule has 33 heavy (non-hydrogen) atoms. The van der Waals surface area contributed by atoms with Crippen molar-refractivity contribution >= 4 is 11.6 Å². The zero-order valence-corrected chi connectivity index (χ0v) is 20.7. The molecule has 0 unspecified atom stereocenters. The summed E-state index contributed by atoms with van der Waals surface area (Å²) in [5.74, 6) is 1.46. The van der Waals surface area contributed by atoms with E-state index >= 15 is 0 Å². The van der Waals surface area contributed by atoms with Gasteiger partial charge in [0, 0.05) is 16.8 Å². The SMILES string of the molecule is CCOc1ccc(C(=O)Nc2c(CC)cccc2CC)cc1COc1cc(C)cc(C)c1C. The summed E-state index contributed by atoms with van der Waals surface area (Å²) in [6.45, 7) is 13.2. The summed E-state index contributed by atoms with van der Waals surface area (Å²) >= 11 is 0. The number of ether oxygens (including phenoxy) is 2. The lowest BCUT2D eigenvalue weighted by molar-refractivity contribution is 0.102. The molecule has 0 radical (unpaired) electrons. The van der Waals surface area contributed by atoms with Crippen molar-refractivity contribution < 1.29 is 14.3 Å². The normalized spacial score (nSPS) is 10.7. The summed E-state index contributed by atoms with van der Waals surface area (Å²) in [6.07, 6.45) is 1.72. The molecule has 3 aromatic rings. The summed E-state index contributed by atoms with van der Waals surface area (Å²) in [5, 5.41) is 3.15. The van der Waals surface area contributed by atoms with Crippen molar-refractivity contribution in [3.05, 3.63) is 87.5 Å². The van der Waals surface area contributed by atoms with E-state index in [1.165, 1.54) is 5.56 Å². The Kier molecular flexibility index (Phi) is 8.16. The van der Waals surface area contributed by atoms with Gasteiger partial charge in [-0.25, -0.2) is 0 Å². The predicted molar refractivity (Wildman–Crippen MR) is 136 cm³/mol. The minimum atomic E-state index is -0.127. The van der Waals surface area contributed by atoms with Crippen LogP contribution >= 0.6 is 0 Å². The maximum absolute atomic E-state index is 13.2. The Labute approximate surface area is 197 Å². The minimum Gasteiger partial charge on any atom is -0.493 e. The van der Waals surface area contributed by atoms with Crippen LogP contribution in [0.15, 0.2) is 48.5 Å². The van der Waals surface area contributed by atoms with Gasteiger partial charge in [0.05, 0.1) is 6.61 Å². The fourth-order valence-corrected chi connectivity index (χ4v) is 4.02. The first-order valence-corrected chi connectivity index (χ1v) is 11.8.